The van der Waals surface area contributed by atoms with E-state index in [9.17, 15) is 5.11 Å². The van der Waals surface area contributed by atoms with Crippen LogP contribution in [0.2, 0.25) is 0 Å². The molecule has 104 valence electrons. The molecule has 1 unspecified atom stereocenters. The molecule has 2 nitrogen and oxygen atoms in total. The Morgan fingerprint density at radius 1 is 1.26 bits per heavy atom. The van der Waals surface area contributed by atoms with Crippen molar-refractivity contribution in [3.63, 3.8) is 0 Å². The van der Waals surface area contributed by atoms with Gasteiger partial charge >= 0.3 is 0 Å². The van der Waals surface area contributed by atoms with E-state index in [1.165, 1.54) is 18.4 Å². The fourth-order valence-corrected chi connectivity index (χ4v) is 3.40. The van der Waals surface area contributed by atoms with Crippen LogP contribution in [0.25, 0.3) is 0 Å². The van der Waals surface area contributed by atoms with E-state index in [-0.39, 0.29) is 6.10 Å². The van der Waals surface area contributed by atoms with Crippen LogP contribution in [0.1, 0.15) is 56.8 Å². The summed E-state index contributed by atoms with van der Waals surface area (Å²) < 4.78 is 5.52. The van der Waals surface area contributed by atoms with Gasteiger partial charge < -0.3 is 9.84 Å². The number of aliphatic hydroxyl groups is 1. The zero-order chi connectivity index (χ0) is 13.5. The molecule has 0 radical (unpaired) electrons. The van der Waals surface area contributed by atoms with Gasteiger partial charge in [-0.05, 0) is 60.3 Å². The Morgan fingerprint density at radius 2 is 2.00 bits per heavy atom. The van der Waals surface area contributed by atoms with E-state index in [4.69, 9.17) is 4.74 Å². The molecule has 2 heteroatoms. The van der Waals surface area contributed by atoms with Gasteiger partial charge in [-0.3, -0.25) is 0 Å². The lowest BCUT2D eigenvalue weighted by Crippen LogP contribution is -2.25. The topological polar surface area (TPSA) is 29.5 Å². The van der Waals surface area contributed by atoms with Gasteiger partial charge in [0.05, 0.1) is 12.7 Å². The third-order valence-corrected chi connectivity index (χ3v) is 4.89. The fourth-order valence-electron chi connectivity index (χ4n) is 3.40. The summed E-state index contributed by atoms with van der Waals surface area (Å²) in [5, 5.41) is 10.6. The van der Waals surface area contributed by atoms with Crippen molar-refractivity contribution in [3.05, 3.63) is 29.3 Å². The van der Waals surface area contributed by atoms with Gasteiger partial charge in [0.1, 0.15) is 5.75 Å². The summed E-state index contributed by atoms with van der Waals surface area (Å²) in [5.41, 5.74) is 2.80. The van der Waals surface area contributed by atoms with Gasteiger partial charge in [0.2, 0.25) is 0 Å². The smallest absolute Gasteiger partial charge is 0.122 e. The summed E-state index contributed by atoms with van der Waals surface area (Å²) in [4.78, 5) is 0. The minimum atomic E-state index is -0.304. The molecule has 3 rings (SSSR count). The van der Waals surface area contributed by atoms with E-state index in [0.717, 1.165) is 37.2 Å². The molecule has 0 amide bonds. The quantitative estimate of drug-likeness (QED) is 0.874. The Morgan fingerprint density at radius 3 is 2.74 bits per heavy atom. The molecule has 0 saturated heterocycles. The molecule has 1 aliphatic heterocycles. The summed E-state index contributed by atoms with van der Waals surface area (Å²) in [6, 6.07) is 6.20. The monoisotopic (exact) mass is 260 g/mol. The van der Waals surface area contributed by atoms with Crippen LogP contribution in [0.3, 0.4) is 0 Å². The van der Waals surface area contributed by atoms with Crippen molar-refractivity contribution in [1.29, 1.82) is 0 Å². The molecule has 1 aromatic carbocycles. The first-order valence-corrected chi connectivity index (χ1v) is 7.49. The first kappa shape index (κ1) is 13.0. The van der Waals surface area contributed by atoms with Gasteiger partial charge in [0, 0.05) is 6.42 Å². The largest absolute Gasteiger partial charge is 0.493 e. The number of ether oxygens (including phenoxy) is 1. The lowest BCUT2D eigenvalue weighted by atomic mass is 9.71. The van der Waals surface area contributed by atoms with Gasteiger partial charge in [0.25, 0.3) is 0 Å². The minimum absolute atomic E-state index is 0.304. The number of benzene rings is 1. The van der Waals surface area contributed by atoms with E-state index in [0.29, 0.717) is 11.3 Å². The van der Waals surface area contributed by atoms with Gasteiger partial charge in [-0.1, -0.05) is 19.9 Å². The van der Waals surface area contributed by atoms with E-state index >= 15 is 0 Å². The molecule has 1 N–H and O–H groups in total. The SMILES string of the molecule is CC1(C)CCC(C(O)c2ccc3c(c2)CCO3)CC1. The maximum Gasteiger partial charge on any atom is 0.122 e. The zero-order valence-electron chi connectivity index (χ0n) is 12.0. The number of hydrogen-bond acceptors (Lipinski definition) is 2. The number of aliphatic hydroxyl groups excluding tert-OH is 1. The molecule has 0 bridgehead atoms. The molecular weight excluding hydrogens is 236 g/mol. The standard InChI is InChI=1S/C17H24O2/c1-17(2)8-5-12(6-9-17)16(18)14-3-4-15-13(11-14)7-10-19-15/h3-4,11-12,16,18H,5-10H2,1-2H3. The van der Waals surface area contributed by atoms with Crippen LogP contribution in [0.5, 0.6) is 5.75 Å². The summed E-state index contributed by atoms with van der Waals surface area (Å²) in [7, 11) is 0. The molecular formula is C17H24O2. The third kappa shape index (κ3) is 2.64. The highest BCUT2D eigenvalue weighted by molar-refractivity contribution is 5.40. The van der Waals surface area contributed by atoms with Crippen LogP contribution in [-0.4, -0.2) is 11.7 Å². The number of rotatable bonds is 2. The van der Waals surface area contributed by atoms with Crippen LogP contribution in [-0.2, 0) is 6.42 Å². The average Bonchev–Trinajstić information content (AvgIpc) is 2.85. The molecule has 19 heavy (non-hydrogen) atoms. The second kappa shape index (κ2) is 4.82. The average molecular weight is 260 g/mol. The molecule has 1 saturated carbocycles. The maximum absolute atomic E-state index is 10.6. The van der Waals surface area contributed by atoms with Crippen molar-refractivity contribution in [3.8, 4) is 5.75 Å². The van der Waals surface area contributed by atoms with E-state index in [2.05, 4.69) is 19.9 Å². The van der Waals surface area contributed by atoms with Crippen molar-refractivity contribution < 1.29 is 9.84 Å². The normalized spacial score (nSPS) is 23.7. The predicted molar refractivity (Wildman–Crippen MR) is 76.3 cm³/mol. The van der Waals surface area contributed by atoms with Crippen LogP contribution < -0.4 is 4.74 Å². The van der Waals surface area contributed by atoms with Crippen molar-refractivity contribution >= 4 is 0 Å². The second-order valence-corrected chi connectivity index (χ2v) is 6.91. The fraction of sp³-hybridized carbons (Fsp3) is 0.647. The Kier molecular flexibility index (Phi) is 3.30. The summed E-state index contributed by atoms with van der Waals surface area (Å²) in [6.45, 7) is 5.46. The van der Waals surface area contributed by atoms with E-state index in [1.807, 2.05) is 12.1 Å². The minimum Gasteiger partial charge on any atom is -0.493 e. The van der Waals surface area contributed by atoms with Crippen LogP contribution in [0.15, 0.2) is 18.2 Å². The van der Waals surface area contributed by atoms with Gasteiger partial charge in [-0.15, -0.1) is 0 Å². The Hall–Kier alpha value is -1.02. The first-order chi connectivity index (χ1) is 9.05. The molecule has 1 fully saturated rings. The highest BCUT2D eigenvalue weighted by Gasteiger charge is 2.31. The maximum atomic E-state index is 10.6. The lowest BCUT2D eigenvalue weighted by molar-refractivity contribution is 0.0567. The van der Waals surface area contributed by atoms with Crippen LogP contribution in [0.4, 0.5) is 0 Å². The molecule has 1 atom stereocenters. The number of fused-ring (bicyclic) bond motifs is 1. The zero-order valence-corrected chi connectivity index (χ0v) is 12.0. The van der Waals surface area contributed by atoms with Crippen LogP contribution >= 0.6 is 0 Å². The molecule has 2 aliphatic rings. The molecule has 1 heterocycles. The second-order valence-electron chi connectivity index (χ2n) is 6.91. The molecule has 0 aromatic heterocycles. The highest BCUT2D eigenvalue weighted by atomic mass is 16.5. The molecule has 0 spiro atoms. The summed E-state index contributed by atoms with van der Waals surface area (Å²) in [6.07, 6.45) is 5.41. The van der Waals surface area contributed by atoms with Crippen molar-refractivity contribution in [2.75, 3.05) is 6.61 Å². The molecule has 1 aliphatic carbocycles. The molecule has 1 aromatic rings. The Bertz CT molecular complexity index is 454. The Balaban J connectivity index is 1.72. The predicted octanol–water partition coefficient (Wildman–Crippen LogP) is 3.87. The van der Waals surface area contributed by atoms with E-state index in [1.54, 1.807) is 0 Å². The van der Waals surface area contributed by atoms with Crippen molar-refractivity contribution in [1.82, 2.24) is 0 Å². The van der Waals surface area contributed by atoms with Gasteiger partial charge in [-0.2, -0.15) is 0 Å². The number of hydrogen-bond donors (Lipinski definition) is 1. The van der Waals surface area contributed by atoms with E-state index < -0.39 is 0 Å². The highest BCUT2D eigenvalue weighted by Crippen LogP contribution is 2.43. The summed E-state index contributed by atoms with van der Waals surface area (Å²) in [5.74, 6) is 1.43. The van der Waals surface area contributed by atoms with Crippen molar-refractivity contribution in [2.24, 2.45) is 11.3 Å². The lowest BCUT2D eigenvalue weighted by Gasteiger charge is -2.36. The Labute approximate surface area is 115 Å². The van der Waals surface area contributed by atoms with Gasteiger partial charge in [0.15, 0.2) is 0 Å². The van der Waals surface area contributed by atoms with Crippen molar-refractivity contribution in [2.45, 2.75) is 52.1 Å². The van der Waals surface area contributed by atoms with Crippen LogP contribution in [0, 0.1) is 11.3 Å². The van der Waals surface area contributed by atoms with Gasteiger partial charge in [-0.25, -0.2) is 0 Å². The third-order valence-electron chi connectivity index (χ3n) is 4.89. The first-order valence-electron chi connectivity index (χ1n) is 7.49. The summed E-state index contributed by atoms with van der Waals surface area (Å²) >= 11 is 0.